The zero-order chi connectivity index (χ0) is 21.4. The maximum absolute atomic E-state index is 13.1. The number of carbonyl (C=O) groups is 2. The summed E-state index contributed by atoms with van der Waals surface area (Å²) in [6.45, 7) is 0.426. The number of hydrogen-bond donors (Lipinski definition) is 0. The van der Waals surface area contributed by atoms with Crippen LogP contribution in [0, 0.1) is 0 Å². The van der Waals surface area contributed by atoms with E-state index in [0.717, 1.165) is 38.1 Å². The predicted molar refractivity (Wildman–Crippen MR) is 121 cm³/mol. The number of amides is 1. The van der Waals surface area contributed by atoms with E-state index < -0.39 is 0 Å². The molecule has 0 fully saturated rings. The second-order valence-electron chi connectivity index (χ2n) is 6.94. The Morgan fingerprint density at radius 3 is 2.67 bits per heavy atom. The van der Waals surface area contributed by atoms with E-state index in [1.165, 1.54) is 0 Å². The molecule has 154 valence electrons. The molecule has 0 unspecified atom stereocenters. The summed E-state index contributed by atoms with van der Waals surface area (Å²) in [5.74, 6) is -0.178. The zero-order valence-corrected chi connectivity index (χ0v) is 20.8. The first-order chi connectivity index (χ1) is 14.4. The quantitative estimate of drug-likeness (QED) is 0.202. The third kappa shape index (κ3) is 3.76. The molecular weight excluding hydrogens is 579 g/mol. The average molecular weight is 597 g/mol. The first-order valence-electron chi connectivity index (χ1n) is 9.16. The fraction of sp³-hybridized carbons (Fsp3) is 0.130. The molecule has 0 bridgehead atoms. The number of alkyl halides is 1. The molecule has 0 saturated carbocycles. The maximum atomic E-state index is 13.1. The number of fused-ring (bicyclic) bond motifs is 3. The van der Waals surface area contributed by atoms with Crippen LogP contribution in [0.3, 0.4) is 0 Å². The summed E-state index contributed by atoms with van der Waals surface area (Å²) in [5.41, 5.74) is 4.15. The average Bonchev–Trinajstić information content (AvgIpc) is 3.05. The molecule has 4 nitrogen and oxygen atoms in total. The third-order valence-corrected chi connectivity index (χ3v) is 7.71. The van der Waals surface area contributed by atoms with Crippen LogP contribution >= 0.6 is 27.5 Å². The van der Waals surface area contributed by atoms with Gasteiger partial charge in [0, 0.05) is 0 Å². The Morgan fingerprint density at radius 1 is 1.17 bits per heavy atom. The van der Waals surface area contributed by atoms with Crippen molar-refractivity contribution in [2.45, 2.75) is 6.54 Å². The van der Waals surface area contributed by atoms with Crippen molar-refractivity contribution in [3.05, 3.63) is 80.8 Å². The fourth-order valence-electron chi connectivity index (χ4n) is 3.73. The zero-order valence-electron chi connectivity index (χ0n) is 16.3. The molecule has 0 spiro atoms. The Labute approximate surface area is 198 Å². The molecule has 3 aromatic carbocycles. The van der Waals surface area contributed by atoms with E-state index >= 15 is 0 Å². The van der Waals surface area contributed by atoms with Crippen molar-refractivity contribution in [1.29, 1.82) is 0 Å². The number of aromatic nitrogens is 1. The first kappa shape index (κ1) is 21.3. The van der Waals surface area contributed by atoms with E-state index in [9.17, 15) is 9.59 Å². The third-order valence-electron chi connectivity index (χ3n) is 5.05. The van der Waals surface area contributed by atoms with E-state index in [1.807, 2.05) is 12.1 Å². The van der Waals surface area contributed by atoms with Crippen molar-refractivity contribution in [3.8, 4) is 0 Å². The summed E-state index contributed by atoms with van der Waals surface area (Å²) in [6, 6.07) is 17.0. The van der Waals surface area contributed by atoms with E-state index in [2.05, 4.69) is 41.8 Å². The van der Waals surface area contributed by atoms with Crippen LogP contribution in [-0.4, -0.2) is 31.9 Å². The summed E-state index contributed by atoms with van der Waals surface area (Å²) in [6.07, 6.45) is 0.724. The normalized spacial score (nSPS) is 11.3. The van der Waals surface area contributed by atoms with Crippen LogP contribution in [-0.2, 0) is 6.54 Å². The van der Waals surface area contributed by atoms with Crippen LogP contribution in [0.4, 0.5) is 0 Å². The molecule has 0 radical (unpaired) electrons. The Balaban J connectivity index is 1.84. The number of nitrogens with zero attached hydrogens (tertiary/aromatic N) is 2. The molecule has 0 aliphatic carbocycles. The second-order valence-corrected chi connectivity index (χ2v) is 10.2. The molecule has 30 heavy (non-hydrogen) atoms. The van der Waals surface area contributed by atoms with Crippen molar-refractivity contribution in [3.63, 3.8) is 0 Å². The molecule has 1 aromatic heterocycles. The Morgan fingerprint density at radius 2 is 1.93 bits per heavy atom. The van der Waals surface area contributed by atoms with Gasteiger partial charge in [0.1, 0.15) is 0 Å². The van der Waals surface area contributed by atoms with Gasteiger partial charge in [-0.2, -0.15) is 0 Å². The number of rotatable bonds is 5. The minimum atomic E-state index is -0.280. The second kappa shape index (κ2) is 8.69. The summed E-state index contributed by atoms with van der Waals surface area (Å²) >= 11 is 9.63. The summed E-state index contributed by atoms with van der Waals surface area (Å²) in [4.78, 5) is 28.3. The van der Waals surface area contributed by atoms with Gasteiger partial charge in [0.05, 0.1) is 0 Å². The number of aldehydes is 1. The molecular formula is C23H18BrClIN2O2-. The van der Waals surface area contributed by atoms with Gasteiger partial charge in [-0.25, -0.2) is 0 Å². The van der Waals surface area contributed by atoms with Crippen molar-refractivity contribution in [2.75, 3.05) is 12.0 Å². The molecule has 4 aromatic rings. The summed E-state index contributed by atoms with van der Waals surface area (Å²) in [7, 11) is 1.77. The van der Waals surface area contributed by atoms with Crippen molar-refractivity contribution in [2.24, 2.45) is 0 Å². The van der Waals surface area contributed by atoms with Crippen LogP contribution in [0.15, 0.2) is 59.1 Å². The van der Waals surface area contributed by atoms with Crippen LogP contribution in [0.2, 0.25) is 5.02 Å². The number of carbonyl (C=O) groups excluding carboxylic acids is 2. The van der Waals surface area contributed by atoms with Gasteiger partial charge in [-0.05, 0) is 0 Å². The Kier molecular flexibility index (Phi) is 6.18. The van der Waals surface area contributed by atoms with E-state index in [0.29, 0.717) is 22.7 Å². The van der Waals surface area contributed by atoms with Crippen molar-refractivity contribution >= 4 is 61.5 Å². The van der Waals surface area contributed by atoms with E-state index in [4.69, 9.17) is 11.6 Å². The molecule has 1 heterocycles. The SMILES string of the molecule is C[I-]n1c2ccc(Cl)cc2c2cc(Br)cc(CN(C)C(=O)c3ccccc3C=O)c21. The minimum absolute atomic E-state index is 0.178. The van der Waals surface area contributed by atoms with Gasteiger partial charge in [-0.3, -0.25) is 0 Å². The molecule has 0 aliphatic heterocycles. The molecule has 7 heteroatoms. The Hall–Kier alpha value is -1.90. The fourth-order valence-corrected chi connectivity index (χ4v) is 6.40. The summed E-state index contributed by atoms with van der Waals surface area (Å²) < 4.78 is 3.31. The van der Waals surface area contributed by atoms with Gasteiger partial charge >= 0.3 is 200 Å². The van der Waals surface area contributed by atoms with Crippen molar-refractivity contribution in [1.82, 2.24) is 7.68 Å². The van der Waals surface area contributed by atoms with Crippen LogP contribution in [0.1, 0.15) is 26.3 Å². The van der Waals surface area contributed by atoms with Gasteiger partial charge < -0.3 is 0 Å². The van der Waals surface area contributed by atoms with Crippen molar-refractivity contribution < 1.29 is 31.1 Å². The van der Waals surface area contributed by atoms with Crippen LogP contribution in [0.25, 0.3) is 21.8 Å². The first-order valence-corrected chi connectivity index (χ1v) is 13.5. The van der Waals surface area contributed by atoms with E-state index in [-0.39, 0.29) is 27.4 Å². The molecule has 0 aliphatic rings. The molecule has 1 amide bonds. The van der Waals surface area contributed by atoms with E-state index in [1.54, 1.807) is 36.2 Å². The number of halogens is 3. The standard InChI is InChI=1S/C23H18BrClIN2O2/c1-26-28-21-8-7-17(25)11-19(21)20-10-16(24)9-15(22(20)28)12-27(2)23(30)18-6-4-3-5-14(18)13-29/h3-11,13H,12H2,1-2H3/q-1. The van der Waals surface area contributed by atoms with Gasteiger partial charge in [0.15, 0.2) is 0 Å². The van der Waals surface area contributed by atoms with Gasteiger partial charge in [-0.1, -0.05) is 0 Å². The molecule has 0 atom stereocenters. The van der Waals surface area contributed by atoms with Gasteiger partial charge in [-0.15, -0.1) is 0 Å². The molecule has 0 saturated heterocycles. The Bertz CT molecular complexity index is 1300. The predicted octanol–water partition coefficient (Wildman–Crippen LogP) is 2.78. The number of hydrogen-bond acceptors (Lipinski definition) is 2. The van der Waals surface area contributed by atoms with Gasteiger partial charge in [0.25, 0.3) is 0 Å². The molecule has 0 N–H and O–H groups in total. The molecule has 4 rings (SSSR count). The number of benzene rings is 3. The monoisotopic (exact) mass is 595 g/mol. The van der Waals surface area contributed by atoms with Gasteiger partial charge in [0.2, 0.25) is 0 Å². The summed E-state index contributed by atoms with van der Waals surface area (Å²) in [5, 5.41) is 2.93. The topological polar surface area (TPSA) is 42.3 Å². The van der Waals surface area contributed by atoms with Crippen LogP contribution in [0.5, 0.6) is 0 Å². The van der Waals surface area contributed by atoms with Crippen LogP contribution < -0.4 is 21.5 Å².